The summed E-state index contributed by atoms with van der Waals surface area (Å²) in [6.07, 6.45) is 2.35. The fourth-order valence-electron chi connectivity index (χ4n) is 3.78. The first kappa shape index (κ1) is 17.3. The molecule has 0 amide bonds. The molecular formula is C23H19N5O. The highest BCUT2D eigenvalue weighted by molar-refractivity contribution is 6.05. The Balaban J connectivity index is 2.04. The summed E-state index contributed by atoms with van der Waals surface area (Å²) in [7, 11) is 0. The summed E-state index contributed by atoms with van der Waals surface area (Å²) in [5.74, 6) is 0.715. The van der Waals surface area contributed by atoms with Crippen LogP contribution in [0.25, 0.3) is 38.9 Å². The number of aromatic nitrogens is 5. The van der Waals surface area contributed by atoms with E-state index in [0.29, 0.717) is 41.0 Å². The molecule has 142 valence electrons. The van der Waals surface area contributed by atoms with Crippen LogP contribution >= 0.6 is 0 Å². The van der Waals surface area contributed by atoms with E-state index in [0.717, 1.165) is 16.7 Å². The third kappa shape index (κ3) is 2.56. The van der Waals surface area contributed by atoms with Crippen LogP contribution in [-0.2, 0) is 13.0 Å². The molecule has 0 unspecified atom stereocenters. The van der Waals surface area contributed by atoms with E-state index in [9.17, 15) is 4.79 Å². The summed E-state index contributed by atoms with van der Waals surface area (Å²) >= 11 is 0. The van der Waals surface area contributed by atoms with Crippen LogP contribution in [0, 0.1) is 0 Å². The van der Waals surface area contributed by atoms with Gasteiger partial charge >= 0.3 is 0 Å². The van der Waals surface area contributed by atoms with Gasteiger partial charge in [-0.25, -0.2) is 15.0 Å². The van der Waals surface area contributed by atoms with Gasteiger partial charge in [0.1, 0.15) is 16.7 Å². The van der Waals surface area contributed by atoms with Crippen LogP contribution in [0.4, 0.5) is 0 Å². The van der Waals surface area contributed by atoms with Crippen molar-refractivity contribution < 1.29 is 0 Å². The second-order valence-corrected chi connectivity index (χ2v) is 6.84. The van der Waals surface area contributed by atoms with Gasteiger partial charge in [0.05, 0.1) is 11.0 Å². The molecule has 0 saturated heterocycles. The highest BCUT2D eigenvalue weighted by Crippen LogP contribution is 2.28. The van der Waals surface area contributed by atoms with Gasteiger partial charge in [-0.15, -0.1) is 6.58 Å². The summed E-state index contributed by atoms with van der Waals surface area (Å²) in [5.41, 5.74) is 4.10. The number of allylic oxidation sites excluding steroid dienone is 1. The number of benzene rings is 2. The third-order valence-corrected chi connectivity index (χ3v) is 5.08. The summed E-state index contributed by atoms with van der Waals surface area (Å²) in [5, 5.41) is 0.487. The van der Waals surface area contributed by atoms with Gasteiger partial charge in [-0.1, -0.05) is 43.3 Å². The molecule has 3 aromatic heterocycles. The Hall–Kier alpha value is -3.80. The number of aryl methyl sites for hydroxylation is 1. The average Bonchev–Trinajstić information content (AvgIpc) is 3.07. The van der Waals surface area contributed by atoms with Crippen molar-refractivity contribution in [1.29, 1.82) is 0 Å². The molecule has 5 rings (SSSR count). The maximum absolute atomic E-state index is 13.5. The summed E-state index contributed by atoms with van der Waals surface area (Å²) in [6.45, 7) is 6.19. The van der Waals surface area contributed by atoms with Crippen molar-refractivity contribution in [2.75, 3.05) is 0 Å². The summed E-state index contributed by atoms with van der Waals surface area (Å²) in [4.78, 5) is 28.0. The van der Waals surface area contributed by atoms with E-state index >= 15 is 0 Å². The minimum Gasteiger partial charge on any atom is -0.292 e. The van der Waals surface area contributed by atoms with Gasteiger partial charge in [0, 0.05) is 18.7 Å². The fraction of sp³-hybridized carbons (Fsp3) is 0.130. The smallest absolute Gasteiger partial charge is 0.265 e. The van der Waals surface area contributed by atoms with E-state index in [1.54, 1.807) is 10.6 Å². The number of fused-ring (bicyclic) bond motifs is 4. The lowest BCUT2D eigenvalue weighted by Crippen LogP contribution is -2.24. The van der Waals surface area contributed by atoms with Crippen molar-refractivity contribution in [3.8, 4) is 5.69 Å². The zero-order valence-corrected chi connectivity index (χ0v) is 16.0. The quantitative estimate of drug-likeness (QED) is 0.441. The number of rotatable bonds is 4. The number of hydrogen-bond donors (Lipinski definition) is 0. The van der Waals surface area contributed by atoms with Crippen molar-refractivity contribution in [2.24, 2.45) is 0 Å². The maximum atomic E-state index is 13.5. The molecule has 0 fully saturated rings. The first-order valence-electron chi connectivity index (χ1n) is 9.60. The van der Waals surface area contributed by atoms with E-state index in [1.807, 2.05) is 66.1 Å². The second-order valence-electron chi connectivity index (χ2n) is 6.84. The van der Waals surface area contributed by atoms with E-state index in [1.165, 1.54) is 0 Å². The Kier molecular flexibility index (Phi) is 3.98. The Labute approximate surface area is 166 Å². The van der Waals surface area contributed by atoms with Gasteiger partial charge in [-0.05, 0) is 24.3 Å². The lowest BCUT2D eigenvalue weighted by molar-refractivity contribution is 0.698. The van der Waals surface area contributed by atoms with Gasteiger partial charge in [-0.3, -0.25) is 13.9 Å². The van der Waals surface area contributed by atoms with Gasteiger partial charge < -0.3 is 0 Å². The van der Waals surface area contributed by atoms with E-state index in [-0.39, 0.29) is 5.56 Å². The molecular weight excluding hydrogens is 362 g/mol. The topological polar surface area (TPSA) is 65.6 Å². The van der Waals surface area contributed by atoms with Gasteiger partial charge in [-0.2, -0.15) is 0 Å². The molecule has 0 spiro atoms. The van der Waals surface area contributed by atoms with Crippen LogP contribution in [-0.4, -0.2) is 24.1 Å². The van der Waals surface area contributed by atoms with Crippen LogP contribution in [0.3, 0.4) is 0 Å². The predicted octanol–water partition coefficient (Wildman–Crippen LogP) is 4.03. The maximum Gasteiger partial charge on any atom is 0.265 e. The molecule has 6 heteroatoms. The van der Waals surface area contributed by atoms with Crippen LogP contribution in [0.1, 0.15) is 12.7 Å². The Morgan fingerprint density at radius 3 is 2.31 bits per heavy atom. The molecule has 0 atom stereocenters. The van der Waals surface area contributed by atoms with Crippen molar-refractivity contribution >= 4 is 33.2 Å². The Morgan fingerprint density at radius 2 is 1.62 bits per heavy atom. The lowest BCUT2D eigenvalue weighted by atomic mass is 10.3. The molecule has 0 N–H and O–H groups in total. The second kappa shape index (κ2) is 6.67. The number of para-hydroxylation sites is 3. The van der Waals surface area contributed by atoms with Gasteiger partial charge in [0.25, 0.3) is 5.56 Å². The molecule has 0 saturated carbocycles. The first-order valence-corrected chi connectivity index (χ1v) is 9.60. The molecule has 6 nitrogen and oxygen atoms in total. The molecule has 0 radical (unpaired) electrons. The monoisotopic (exact) mass is 381 g/mol. The highest BCUT2D eigenvalue weighted by Gasteiger charge is 2.22. The highest BCUT2D eigenvalue weighted by atomic mass is 16.1. The molecule has 0 aliphatic rings. The van der Waals surface area contributed by atoms with Crippen LogP contribution in [0.2, 0.25) is 0 Å². The number of hydrogen-bond acceptors (Lipinski definition) is 4. The third-order valence-electron chi connectivity index (χ3n) is 5.08. The minimum atomic E-state index is -0.115. The van der Waals surface area contributed by atoms with Gasteiger partial charge in [0.15, 0.2) is 11.3 Å². The van der Waals surface area contributed by atoms with Crippen molar-refractivity contribution in [1.82, 2.24) is 24.1 Å². The molecule has 3 heterocycles. The normalized spacial score (nSPS) is 11.5. The number of nitrogens with zero attached hydrogens (tertiary/aromatic N) is 5. The zero-order chi connectivity index (χ0) is 20.0. The van der Waals surface area contributed by atoms with E-state index < -0.39 is 0 Å². The minimum absolute atomic E-state index is 0.115. The molecule has 2 aromatic carbocycles. The fourth-order valence-corrected chi connectivity index (χ4v) is 3.78. The lowest BCUT2D eigenvalue weighted by Gasteiger charge is -2.10. The Bertz CT molecular complexity index is 1450. The standard InChI is InChI=1S/C23H19N5O/c1-3-14-27-18(4-2)26-21-19(23(27)29)20-22(28(21)15-10-6-5-7-11-15)25-17-13-9-8-12-16(17)24-20/h3,5-13H,1,4,14H2,2H3. The molecule has 0 aliphatic carbocycles. The molecule has 5 aromatic rings. The van der Waals surface area contributed by atoms with Crippen LogP contribution < -0.4 is 5.56 Å². The largest absolute Gasteiger partial charge is 0.292 e. The predicted molar refractivity (Wildman–Crippen MR) is 116 cm³/mol. The SMILES string of the molecule is C=CCn1c(CC)nc2c(c1=O)c1nc3ccccc3nc1n2-c1ccccc1. The van der Waals surface area contributed by atoms with Crippen LogP contribution in [0.15, 0.2) is 72.0 Å². The molecule has 0 bridgehead atoms. The van der Waals surface area contributed by atoms with Crippen molar-refractivity contribution in [2.45, 2.75) is 19.9 Å². The van der Waals surface area contributed by atoms with Crippen molar-refractivity contribution in [3.05, 3.63) is 83.4 Å². The van der Waals surface area contributed by atoms with E-state index in [4.69, 9.17) is 15.0 Å². The zero-order valence-electron chi connectivity index (χ0n) is 16.0. The summed E-state index contributed by atoms with van der Waals surface area (Å²) in [6, 6.07) is 17.5. The first-order chi connectivity index (χ1) is 14.2. The summed E-state index contributed by atoms with van der Waals surface area (Å²) < 4.78 is 3.60. The van der Waals surface area contributed by atoms with Crippen LogP contribution in [0.5, 0.6) is 0 Å². The molecule has 0 aliphatic heterocycles. The van der Waals surface area contributed by atoms with Crippen molar-refractivity contribution in [3.63, 3.8) is 0 Å². The average molecular weight is 381 g/mol. The molecule has 29 heavy (non-hydrogen) atoms. The van der Waals surface area contributed by atoms with E-state index in [2.05, 4.69) is 6.58 Å². The Morgan fingerprint density at radius 1 is 0.931 bits per heavy atom. The van der Waals surface area contributed by atoms with Gasteiger partial charge in [0.2, 0.25) is 0 Å².